The molecule has 0 amide bonds. The molecule has 3 aromatic rings. The predicted octanol–water partition coefficient (Wildman–Crippen LogP) is 6.84. The van der Waals surface area contributed by atoms with Gasteiger partial charge in [0.15, 0.2) is 23.7 Å². The Labute approximate surface area is 209 Å². The number of phenolic OH excluding ortho intramolecular Hbond substituents is 1. The molecule has 0 saturated heterocycles. The molecule has 0 bridgehead atoms. The van der Waals surface area contributed by atoms with Gasteiger partial charge in [-0.1, -0.05) is 24.3 Å². The number of hydrogen-bond donors (Lipinski definition) is 1. The summed E-state index contributed by atoms with van der Waals surface area (Å²) in [6, 6.07) is 15.0. The predicted molar refractivity (Wildman–Crippen MR) is 131 cm³/mol. The van der Waals surface area contributed by atoms with Crippen LogP contribution in [0.25, 0.3) is 0 Å². The van der Waals surface area contributed by atoms with Crippen LogP contribution in [0, 0.1) is 17.5 Å². The molecule has 0 fully saturated rings. The molecule has 2 atom stereocenters. The summed E-state index contributed by atoms with van der Waals surface area (Å²) in [5, 5.41) is 9.83. The van der Waals surface area contributed by atoms with Crippen molar-refractivity contribution in [3.63, 3.8) is 0 Å². The van der Waals surface area contributed by atoms with Crippen LogP contribution in [0.2, 0.25) is 0 Å². The first-order chi connectivity index (χ1) is 17.4. The Morgan fingerprint density at radius 1 is 0.917 bits per heavy atom. The number of halogens is 3. The highest BCUT2D eigenvalue weighted by Gasteiger charge is 2.35. The van der Waals surface area contributed by atoms with Gasteiger partial charge in [-0.05, 0) is 90.6 Å². The molecule has 1 aliphatic carbocycles. The fourth-order valence-electron chi connectivity index (χ4n) is 5.07. The van der Waals surface area contributed by atoms with E-state index in [1.165, 1.54) is 18.2 Å². The fraction of sp³-hybridized carbons (Fsp3) is 0.379. The van der Waals surface area contributed by atoms with Gasteiger partial charge < -0.3 is 19.3 Å². The molecule has 1 N–H and O–H groups in total. The van der Waals surface area contributed by atoms with Gasteiger partial charge in [-0.2, -0.15) is 0 Å². The quantitative estimate of drug-likeness (QED) is 0.245. The molecule has 0 radical (unpaired) electrons. The molecule has 0 spiro atoms. The zero-order valence-electron chi connectivity index (χ0n) is 20.5. The SMILES string of the molecule is COC(CCCCOc1ccc([C@H]2c3cc(F)c(O)c(F)c3CC[C@H]2c2ccc(F)cc2)cc1)OC. The molecule has 36 heavy (non-hydrogen) atoms. The van der Waals surface area contributed by atoms with Gasteiger partial charge in [0, 0.05) is 20.1 Å². The largest absolute Gasteiger partial charge is 0.503 e. The maximum atomic E-state index is 14.8. The average molecular weight is 501 g/mol. The van der Waals surface area contributed by atoms with E-state index < -0.39 is 17.4 Å². The van der Waals surface area contributed by atoms with Crippen molar-refractivity contribution in [2.24, 2.45) is 0 Å². The molecule has 0 aliphatic heterocycles. The van der Waals surface area contributed by atoms with E-state index in [9.17, 15) is 18.3 Å². The van der Waals surface area contributed by atoms with Gasteiger partial charge >= 0.3 is 0 Å². The Hall–Kier alpha value is -3.03. The van der Waals surface area contributed by atoms with E-state index in [-0.39, 0.29) is 23.9 Å². The van der Waals surface area contributed by atoms with Gasteiger partial charge in [0.1, 0.15) is 11.6 Å². The minimum atomic E-state index is -0.986. The van der Waals surface area contributed by atoms with E-state index >= 15 is 0 Å². The topological polar surface area (TPSA) is 47.9 Å². The summed E-state index contributed by atoms with van der Waals surface area (Å²) in [6.45, 7) is 0.541. The van der Waals surface area contributed by atoms with Crippen molar-refractivity contribution in [2.75, 3.05) is 20.8 Å². The molecule has 1 aliphatic rings. The first-order valence-corrected chi connectivity index (χ1v) is 12.2. The smallest absolute Gasteiger partial charge is 0.188 e. The van der Waals surface area contributed by atoms with E-state index in [0.29, 0.717) is 36.3 Å². The van der Waals surface area contributed by atoms with Crippen LogP contribution in [-0.2, 0) is 15.9 Å². The summed E-state index contributed by atoms with van der Waals surface area (Å²) >= 11 is 0. The Morgan fingerprint density at radius 3 is 2.25 bits per heavy atom. The molecule has 0 aromatic heterocycles. The third-order valence-electron chi connectivity index (χ3n) is 6.94. The van der Waals surface area contributed by atoms with Crippen LogP contribution >= 0.6 is 0 Å². The molecule has 0 saturated carbocycles. The Bertz CT molecular complexity index is 1140. The van der Waals surface area contributed by atoms with Gasteiger partial charge in [0.25, 0.3) is 0 Å². The summed E-state index contributed by atoms with van der Waals surface area (Å²) in [4.78, 5) is 0. The van der Waals surface area contributed by atoms with Crippen molar-refractivity contribution in [3.05, 3.63) is 94.3 Å². The maximum absolute atomic E-state index is 14.8. The number of benzene rings is 3. The number of unbranched alkanes of at least 4 members (excludes halogenated alkanes) is 1. The Morgan fingerprint density at radius 2 is 1.58 bits per heavy atom. The van der Waals surface area contributed by atoms with Gasteiger partial charge in [0.05, 0.1) is 6.61 Å². The van der Waals surface area contributed by atoms with E-state index in [0.717, 1.165) is 30.4 Å². The minimum absolute atomic E-state index is 0.109. The average Bonchev–Trinajstić information content (AvgIpc) is 2.90. The van der Waals surface area contributed by atoms with Crippen molar-refractivity contribution < 1.29 is 32.5 Å². The van der Waals surface area contributed by atoms with E-state index in [2.05, 4.69) is 0 Å². The van der Waals surface area contributed by atoms with Gasteiger partial charge in [-0.25, -0.2) is 13.2 Å². The fourth-order valence-corrected chi connectivity index (χ4v) is 5.07. The number of methoxy groups -OCH3 is 2. The molecule has 0 heterocycles. The normalized spacial score (nSPS) is 17.3. The lowest BCUT2D eigenvalue weighted by atomic mass is 9.69. The van der Waals surface area contributed by atoms with Crippen LogP contribution in [0.4, 0.5) is 13.2 Å². The highest BCUT2D eigenvalue weighted by molar-refractivity contribution is 5.49. The van der Waals surface area contributed by atoms with E-state index in [1.54, 1.807) is 26.4 Å². The monoisotopic (exact) mass is 500 g/mol. The van der Waals surface area contributed by atoms with Crippen LogP contribution in [0.15, 0.2) is 54.6 Å². The lowest BCUT2D eigenvalue weighted by Gasteiger charge is -2.35. The number of phenols is 1. The third kappa shape index (κ3) is 5.68. The number of rotatable bonds is 10. The van der Waals surface area contributed by atoms with E-state index in [1.807, 2.05) is 24.3 Å². The summed E-state index contributed by atoms with van der Waals surface area (Å²) in [5.41, 5.74) is 2.59. The second-order valence-electron chi connectivity index (χ2n) is 9.08. The van der Waals surface area contributed by atoms with Crippen LogP contribution in [-0.4, -0.2) is 32.2 Å². The van der Waals surface area contributed by atoms with Crippen molar-refractivity contribution in [1.29, 1.82) is 0 Å². The summed E-state index contributed by atoms with van der Waals surface area (Å²) < 4.78 is 59.0. The summed E-state index contributed by atoms with van der Waals surface area (Å²) in [7, 11) is 3.23. The Kier molecular flexibility index (Phi) is 8.54. The molecule has 3 aromatic carbocycles. The number of fused-ring (bicyclic) bond motifs is 1. The molecular formula is C29H31F3O4. The molecule has 7 heteroatoms. The van der Waals surface area contributed by atoms with Crippen molar-refractivity contribution in [2.45, 2.75) is 50.2 Å². The van der Waals surface area contributed by atoms with E-state index in [4.69, 9.17) is 14.2 Å². The van der Waals surface area contributed by atoms with Crippen LogP contribution in [0.5, 0.6) is 11.5 Å². The zero-order chi connectivity index (χ0) is 25.7. The standard InChI is InChI=1S/C29H31F3O4/c1-34-26(35-2)5-3-4-16-36-21-12-8-19(9-13-21)27-22(18-6-10-20(30)11-7-18)14-15-23-24(27)17-25(31)29(33)28(23)32/h6-13,17,22,26-27,33H,3-5,14-16H2,1-2H3/t22-,27+/m0/s1. The first-order valence-electron chi connectivity index (χ1n) is 12.2. The minimum Gasteiger partial charge on any atom is -0.503 e. The van der Waals surface area contributed by atoms with Crippen LogP contribution in [0.3, 0.4) is 0 Å². The van der Waals surface area contributed by atoms with Gasteiger partial charge in [0.2, 0.25) is 0 Å². The van der Waals surface area contributed by atoms with Crippen LogP contribution in [0.1, 0.15) is 59.8 Å². The molecule has 4 rings (SSSR count). The highest BCUT2D eigenvalue weighted by Crippen LogP contribution is 2.48. The van der Waals surface area contributed by atoms with Crippen molar-refractivity contribution in [3.8, 4) is 11.5 Å². The lowest BCUT2D eigenvalue weighted by molar-refractivity contribution is -0.107. The van der Waals surface area contributed by atoms with Gasteiger partial charge in [-0.15, -0.1) is 0 Å². The van der Waals surface area contributed by atoms with Gasteiger partial charge in [-0.3, -0.25) is 0 Å². The third-order valence-corrected chi connectivity index (χ3v) is 6.94. The summed E-state index contributed by atoms with van der Waals surface area (Å²) in [6.07, 6.45) is 3.23. The Balaban J connectivity index is 1.56. The molecule has 4 nitrogen and oxygen atoms in total. The first kappa shape index (κ1) is 26.0. The van der Waals surface area contributed by atoms with Crippen LogP contribution < -0.4 is 4.74 Å². The molecule has 192 valence electrons. The highest BCUT2D eigenvalue weighted by atomic mass is 19.1. The molecular weight excluding hydrogens is 469 g/mol. The number of aromatic hydroxyl groups is 1. The zero-order valence-corrected chi connectivity index (χ0v) is 20.5. The second kappa shape index (κ2) is 11.8. The number of hydrogen-bond acceptors (Lipinski definition) is 4. The van der Waals surface area contributed by atoms with Crippen molar-refractivity contribution in [1.82, 2.24) is 0 Å². The number of ether oxygens (including phenoxy) is 3. The summed E-state index contributed by atoms with van der Waals surface area (Å²) in [5.74, 6) is -2.95. The molecule has 0 unspecified atom stereocenters. The lowest BCUT2D eigenvalue weighted by Crippen LogP contribution is -2.22. The second-order valence-corrected chi connectivity index (χ2v) is 9.08. The maximum Gasteiger partial charge on any atom is 0.188 e. The van der Waals surface area contributed by atoms with Crippen molar-refractivity contribution >= 4 is 0 Å².